The van der Waals surface area contributed by atoms with E-state index in [2.05, 4.69) is 0 Å². The van der Waals surface area contributed by atoms with Crippen molar-refractivity contribution >= 4 is 5.69 Å². The van der Waals surface area contributed by atoms with E-state index in [0.717, 1.165) is 18.4 Å². The normalized spacial score (nSPS) is 15.4. The minimum Gasteiger partial charge on any atom is -0.377 e. The average molecular weight is 253 g/mol. The fourth-order valence-corrected chi connectivity index (χ4v) is 2.03. The highest BCUT2D eigenvalue weighted by Crippen LogP contribution is 2.29. The summed E-state index contributed by atoms with van der Waals surface area (Å²) >= 11 is 0. The summed E-state index contributed by atoms with van der Waals surface area (Å²) in [6.45, 7) is 0.688. The molecule has 0 atom stereocenters. The molecule has 2 rings (SSSR count). The van der Waals surface area contributed by atoms with Crippen LogP contribution in [0, 0.1) is 21.8 Å². The quantitative estimate of drug-likeness (QED) is 0.443. The van der Waals surface area contributed by atoms with Gasteiger partial charge in [0.05, 0.1) is 11.5 Å². The summed E-state index contributed by atoms with van der Waals surface area (Å²) in [5.74, 6) is -0.0360. The lowest BCUT2D eigenvalue weighted by atomic mass is 9.83. The Morgan fingerprint density at radius 3 is 2.83 bits per heavy atom. The molecule has 4 nitrogen and oxygen atoms in total. The molecule has 0 aromatic heterocycles. The average Bonchev–Trinajstić information content (AvgIpc) is 2.28. The van der Waals surface area contributed by atoms with E-state index in [4.69, 9.17) is 4.74 Å². The van der Waals surface area contributed by atoms with Gasteiger partial charge in [0, 0.05) is 18.2 Å². The van der Waals surface area contributed by atoms with Crippen LogP contribution in [0.4, 0.5) is 10.1 Å². The van der Waals surface area contributed by atoms with Gasteiger partial charge in [-0.15, -0.1) is 0 Å². The Bertz CT molecular complexity index is 432. The Morgan fingerprint density at radius 2 is 2.22 bits per heavy atom. The van der Waals surface area contributed by atoms with Crippen LogP contribution in [0.3, 0.4) is 0 Å². The summed E-state index contributed by atoms with van der Waals surface area (Å²) in [7, 11) is 0. The molecule has 1 aliphatic rings. The molecule has 1 aliphatic carbocycles. The van der Waals surface area contributed by atoms with E-state index < -0.39 is 16.4 Å². The van der Waals surface area contributed by atoms with Crippen molar-refractivity contribution in [2.45, 2.75) is 32.3 Å². The molecule has 98 valence electrons. The first-order chi connectivity index (χ1) is 8.68. The monoisotopic (exact) mass is 253 g/mol. The summed E-state index contributed by atoms with van der Waals surface area (Å²) in [5.41, 5.74) is -0.243. The number of nitro groups is 1. The van der Waals surface area contributed by atoms with Crippen LogP contribution in [0.5, 0.6) is 0 Å². The standard InChI is InChI=1S/C13H16FNO3/c14-13-11(5-2-6-12(13)15(16)17)9-18-8-7-10-3-1-4-10/h2,5-6,10H,1,3-4,7-9H2. The number of nitro benzene ring substituents is 1. The fraction of sp³-hybridized carbons (Fsp3) is 0.538. The smallest absolute Gasteiger partial charge is 0.305 e. The van der Waals surface area contributed by atoms with E-state index in [1.165, 1.54) is 31.4 Å². The van der Waals surface area contributed by atoms with Gasteiger partial charge in [-0.2, -0.15) is 4.39 Å². The Balaban J connectivity index is 1.84. The van der Waals surface area contributed by atoms with E-state index in [0.29, 0.717) is 6.61 Å². The summed E-state index contributed by atoms with van der Waals surface area (Å²) in [6, 6.07) is 4.16. The number of hydrogen-bond acceptors (Lipinski definition) is 3. The predicted molar refractivity (Wildman–Crippen MR) is 64.7 cm³/mol. The molecular formula is C13H16FNO3. The third-order valence-corrected chi connectivity index (χ3v) is 3.41. The molecule has 1 aromatic carbocycles. The van der Waals surface area contributed by atoms with Crippen LogP contribution in [0.15, 0.2) is 18.2 Å². The molecule has 0 aliphatic heterocycles. The molecule has 0 spiro atoms. The molecule has 0 N–H and O–H groups in total. The second-order valence-corrected chi connectivity index (χ2v) is 4.65. The van der Waals surface area contributed by atoms with Crippen molar-refractivity contribution in [2.24, 2.45) is 5.92 Å². The SMILES string of the molecule is O=[N+]([O-])c1cccc(COCCC2CCC2)c1F. The second kappa shape index (κ2) is 5.91. The Hall–Kier alpha value is -1.49. The van der Waals surface area contributed by atoms with Crippen molar-refractivity contribution in [1.82, 2.24) is 0 Å². The molecule has 0 unspecified atom stereocenters. The molecule has 0 amide bonds. The van der Waals surface area contributed by atoms with Crippen LogP contribution in [0.1, 0.15) is 31.2 Å². The van der Waals surface area contributed by atoms with E-state index in [1.807, 2.05) is 0 Å². The van der Waals surface area contributed by atoms with Crippen molar-refractivity contribution in [3.63, 3.8) is 0 Å². The van der Waals surface area contributed by atoms with E-state index in [1.54, 1.807) is 0 Å². The van der Waals surface area contributed by atoms with Gasteiger partial charge >= 0.3 is 5.69 Å². The zero-order chi connectivity index (χ0) is 13.0. The molecule has 5 heteroatoms. The lowest BCUT2D eigenvalue weighted by molar-refractivity contribution is -0.387. The van der Waals surface area contributed by atoms with Crippen LogP contribution >= 0.6 is 0 Å². The Labute approximate surface area is 105 Å². The fourth-order valence-electron chi connectivity index (χ4n) is 2.03. The van der Waals surface area contributed by atoms with Gasteiger partial charge in [-0.25, -0.2) is 0 Å². The van der Waals surface area contributed by atoms with Gasteiger partial charge in [-0.1, -0.05) is 31.4 Å². The number of rotatable bonds is 6. The van der Waals surface area contributed by atoms with Gasteiger partial charge in [0.25, 0.3) is 0 Å². The van der Waals surface area contributed by atoms with Gasteiger partial charge in [0.15, 0.2) is 0 Å². The lowest BCUT2D eigenvalue weighted by Crippen LogP contribution is -2.13. The summed E-state index contributed by atoms with van der Waals surface area (Å²) < 4.78 is 19.0. The van der Waals surface area contributed by atoms with Crippen molar-refractivity contribution in [1.29, 1.82) is 0 Å². The van der Waals surface area contributed by atoms with Crippen molar-refractivity contribution < 1.29 is 14.1 Å². The number of hydrogen-bond donors (Lipinski definition) is 0. The highest BCUT2D eigenvalue weighted by Gasteiger charge is 2.18. The van der Waals surface area contributed by atoms with Crippen molar-refractivity contribution in [3.05, 3.63) is 39.7 Å². The Morgan fingerprint density at radius 1 is 1.44 bits per heavy atom. The summed E-state index contributed by atoms with van der Waals surface area (Å²) in [6.07, 6.45) is 4.81. The zero-order valence-corrected chi connectivity index (χ0v) is 10.1. The summed E-state index contributed by atoms with van der Waals surface area (Å²) in [5, 5.41) is 10.6. The maximum Gasteiger partial charge on any atom is 0.305 e. The second-order valence-electron chi connectivity index (χ2n) is 4.65. The van der Waals surface area contributed by atoms with Crippen LogP contribution < -0.4 is 0 Å². The first-order valence-electron chi connectivity index (χ1n) is 6.18. The highest BCUT2D eigenvalue weighted by molar-refractivity contribution is 5.36. The predicted octanol–water partition coefficient (Wildman–Crippen LogP) is 3.44. The van der Waals surface area contributed by atoms with Crippen molar-refractivity contribution in [2.75, 3.05) is 6.61 Å². The highest BCUT2D eigenvalue weighted by atomic mass is 19.1. The first kappa shape index (κ1) is 13.0. The van der Waals surface area contributed by atoms with E-state index >= 15 is 0 Å². The molecular weight excluding hydrogens is 237 g/mol. The molecule has 1 saturated carbocycles. The van der Waals surface area contributed by atoms with Gasteiger partial charge in [-0.3, -0.25) is 10.1 Å². The minimum atomic E-state index is -0.786. The van der Waals surface area contributed by atoms with Gasteiger partial charge in [0.2, 0.25) is 5.82 Å². The summed E-state index contributed by atoms with van der Waals surface area (Å²) in [4.78, 5) is 9.85. The lowest BCUT2D eigenvalue weighted by Gasteiger charge is -2.24. The molecule has 0 bridgehead atoms. The van der Waals surface area contributed by atoms with Crippen LogP contribution in [-0.2, 0) is 11.3 Å². The van der Waals surface area contributed by atoms with E-state index in [-0.39, 0.29) is 12.2 Å². The third-order valence-electron chi connectivity index (χ3n) is 3.41. The van der Waals surface area contributed by atoms with Gasteiger partial charge in [-0.05, 0) is 12.3 Å². The molecule has 1 aromatic rings. The molecule has 1 fully saturated rings. The minimum absolute atomic E-state index is 0.0975. The van der Waals surface area contributed by atoms with Crippen LogP contribution in [0.2, 0.25) is 0 Å². The molecule has 18 heavy (non-hydrogen) atoms. The molecule has 0 heterocycles. The maximum atomic E-state index is 13.7. The zero-order valence-electron chi connectivity index (χ0n) is 10.1. The number of ether oxygens (including phenoxy) is 1. The molecule has 0 radical (unpaired) electrons. The van der Waals surface area contributed by atoms with Crippen molar-refractivity contribution in [3.8, 4) is 0 Å². The van der Waals surface area contributed by atoms with Crippen LogP contribution in [0.25, 0.3) is 0 Å². The number of halogens is 1. The molecule has 0 saturated heterocycles. The van der Waals surface area contributed by atoms with E-state index in [9.17, 15) is 14.5 Å². The van der Waals surface area contributed by atoms with Gasteiger partial charge < -0.3 is 4.74 Å². The number of nitrogens with zero attached hydrogens (tertiary/aromatic N) is 1. The third kappa shape index (κ3) is 3.04. The van der Waals surface area contributed by atoms with Crippen LogP contribution in [-0.4, -0.2) is 11.5 Å². The van der Waals surface area contributed by atoms with Gasteiger partial charge in [0.1, 0.15) is 0 Å². The Kier molecular flexibility index (Phi) is 4.25. The largest absolute Gasteiger partial charge is 0.377 e. The first-order valence-corrected chi connectivity index (χ1v) is 6.18. The topological polar surface area (TPSA) is 52.4 Å². The maximum absolute atomic E-state index is 13.7. The number of benzene rings is 1.